The number of ether oxygens (including phenoxy) is 1. The van der Waals surface area contributed by atoms with Gasteiger partial charge in [0.05, 0.1) is 29.4 Å². The van der Waals surface area contributed by atoms with Gasteiger partial charge in [-0.25, -0.2) is 8.51 Å². The first-order valence-corrected chi connectivity index (χ1v) is 11.5. The molecule has 2 fully saturated rings. The Morgan fingerprint density at radius 2 is 1.89 bits per heavy atom. The molecule has 0 aromatic heterocycles. The Labute approximate surface area is 169 Å². The maximum absolute atomic E-state index is 13.2. The normalized spacial score (nSPS) is 26.3. The summed E-state index contributed by atoms with van der Waals surface area (Å²) in [6.45, 7) is 6.26. The molecule has 0 bridgehead atoms. The standard InChI is InChI=1S/C20H29ClN2O3S/c1-3-17(14-27(25)22-11-5-6-12-22)23-18(13-26-19(4-2)20(23)24)15-7-9-16(21)10-8-15/h7-10,17-19H,3-6,11-14H2,1-2H3/t17-,18-,19+,27?/m0/s1. The number of carbonyl (C=O) groups is 1. The van der Waals surface area contributed by atoms with Gasteiger partial charge in [0.15, 0.2) is 0 Å². The highest BCUT2D eigenvalue weighted by atomic mass is 35.5. The lowest BCUT2D eigenvalue weighted by molar-refractivity contribution is -0.163. The number of hydrogen-bond acceptors (Lipinski definition) is 3. The van der Waals surface area contributed by atoms with Crippen LogP contribution in [-0.4, -0.2) is 56.9 Å². The number of rotatable bonds is 7. The number of halogens is 1. The molecule has 1 aromatic rings. The van der Waals surface area contributed by atoms with Gasteiger partial charge in [0.25, 0.3) is 5.91 Å². The quantitative estimate of drug-likeness (QED) is 0.688. The molecule has 4 atom stereocenters. The molecular formula is C20H29ClN2O3S. The fourth-order valence-electron chi connectivity index (χ4n) is 3.90. The molecule has 3 rings (SSSR count). The molecule has 2 aliphatic rings. The van der Waals surface area contributed by atoms with E-state index in [0.717, 1.165) is 37.9 Å². The van der Waals surface area contributed by atoms with Crippen molar-refractivity contribution in [3.05, 3.63) is 34.9 Å². The minimum Gasteiger partial charge on any atom is -0.366 e. The van der Waals surface area contributed by atoms with Crippen LogP contribution in [-0.2, 0) is 20.5 Å². The van der Waals surface area contributed by atoms with Gasteiger partial charge in [-0.2, -0.15) is 0 Å². The van der Waals surface area contributed by atoms with Crippen LogP contribution in [0.3, 0.4) is 0 Å². The van der Waals surface area contributed by atoms with E-state index in [1.807, 2.05) is 40.4 Å². The second kappa shape index (κ2) is 9.50. The van der Waals surface area contributed by atoms with Crippen LogP contribution in [0.2, 0.25) is 5.02 Å². The predicted octanol–water partition coefficient (Wildman–Crippen LogP) is 3.56. The number of morpholine rings is 1. The Hall–Kier alpha value is -0.950. The Morgan fingerprint density at radius 1 is 1.22 bits per heavy atom. The van der Waals surface area contributed by atoms with Crippen LogP contribution in [0.15, 0.2) is 24.3 Å². The van der Waals surface area contributed by atoms with Gasteiger partial charge in [-0.05, 0) is 43.4 Å². The van der Waals surface area contributed by atoms with Crippen molar-refractivity contribution in [1.29, 1.82) is 0 Å². The highest BCUT2D eigenvalue weighted by Gasteiger charge is 2.40. The summed E-state index contributed by atoms with van der Waals surface area (Å²) >= 11 is 6.04. The van der Waals surface area contributed by atoms with E-state index in [1.165, 1.54) is 0 Å². The number of carbonyl (C=O) groups excluding carboxylic acids is 1. The molecule has 0 saturated carbocycles. The lowest BCUT2D eigenvalue weighted by atomic mass is 9.99. The second-order valence-corrected chi connectivity index (χ2v) is 9.16. The molecule has 0 spiro atoms. The Kier molecular flexibility index (Phi) is 7.31. The number of nitrogens with zero attached hydrogens (tertiary/aromatic N) is 2. The van der Waals surface area contributed by atoms with E-state index in [0.29, 0.717) is 23.8 Å². The molecule has 2 heterocycles. The van der Waals surface area contributed by atoms with Crippen LogP contribution < -0.4 is 0 Å². The van der Waals surface area contributed by atoms with Crippen molar-refractivity contribution in [1.82, 2.24) is 9.21 Å². The van der Waals surface area contributed by atoms with Crippen molar-refractivity contribution in [2.45, 2.75) is 57.7 Å². The van der Waals surface area contributed by atoms with Gasteiger partial charge < -0.3 is 9.64 Å². The van der Waals surface area contributed by atoms with Gasteiger partial charge in [-0.1, -0.05) is 37.6 Å². The zero-order valence-electron chi connectivity index (χ0n) is 16.1. The summed E-state index contributed by atoms with van der Waals surface area (Å²) in [6.07, 6.45) is 3.21. The predicted molar refractivity (Wildman–Crippen MR) is 109 cm³/mol. The molecule has 0 aliphatic carbocycles. The van der Waals surface area contributed by atoms with E-state index >= 15 is 0 Å². The van der Waals surface area contributed by atoms with E-state index in [-0.39, 0.29) is 18.0 Å². The average Bonchev–Trinajstić information content (AvgIpc) is 3.22. The molecule has 2 aliphatic heterocycles. The Balaban J connectivity index is 1.84. The van der Waals surface area contributed by atoms with E-state index < -0.39 is 17.1 Å². The summed E-state index contributed by atoms with van der Waals surface area (Å²) < 4.78 is 20.8. The summed E-state index contributed by atoms with van der Waals surface area (Å²) in [5.41, 5.74) is 1.01. The minimum absolute atomic E-state index is 0.00831. The Bertz CT molecular complexity index is 664. The van der Waals surface area contributed by atoms with E-state index in [4.69, 9.17) is 16.3 Å². The van der Waals surface area contributed by atoms with Gasteiger partial charge in [0.2, 0.25) is 0 Å². The first kappa shape index (κ1) is 20.8. The lowest BCUT2D eigenvalue weighted by Crippen LogP contribution is -2.55. The molecule has 150 valence electrons. The third-order valence-corrected chi connectivity index (χ3v) is 7.36. The van der Waals surface area contributed by atoms with Crippen LogP contribution in [0.1, 0.15) is 51.1 Å². The van der Waals surface area contributed by atoms with Gasteiger partial charge in [0, 0.05) is 24.2 Å². The minimum atomic E-state index is -1.05. The third kappa shape index (κ3) is 4.73. The topological polar surface area (TPSA) is 49.9 Å². The van der Waals surface area contributed by atoms with Gasteiger partial charge in [-0.3, -0.25) is 4.79 Å². The summed E-state index contributed by atoms with van der Waals surface area (Å²) in [7, 11) is -1.05. The van der Waals surface area contributed by atoms with Crippen molar-refractivity contribution < 1.29 is 13.7 Å². The van der Waals surface area contributed by atoms with Crippen molar-refractivity contribution >= 4 is 28.5 Å². The third-order valence-electron chi connectivity index (χ3n) is 5.50. The highest BCUT2D eigenvalue weighted by Crippen LogP contribution is 2.32. The molecule has 0 radical (unpaired) electrons. The molecule has 5 nitrogen and oxygen atoms in total. The highest BCUT2D eigenvalue weighted by molar-refractivity contribution is 7.82. The SMILES string of the molecule is CC[C@@H](CS(=O)N1CCCC1)N1C(=O)[C@@H](CC)OC[C@H]1c1ccc(Cl)cc1. The monoisotopic (exact) mass is 412 g/mol. The number of benzene rings is 1. The van der Waals surface area contributed by atoms with Crippen molar-refractivity contribution in [2.24, 2.45) is 0 Å². The second-order valence-electron chi connectivity index (χ2n) is 7.23. The summed E-state index contributed by atoms with van der Waals surface area (Å²) in [5.74, 6) is 0.497. The van der Waals surface area contributed by atoms with Crippen LogP contribution in [0.4, 0.5) is 0 Å². The molecule has 1 amide bonds. The van der Waals surface area contributed by atoms with Crippen molar-refractivity contribution in [3.63, 3.8) is 0 Å². The van der Waals surface area contributed by atoms with Gasteiger partial charge >= 0.3 is 0 Å². The molecule has 0 N–H and O–H groups in total. The zero-order valence-corrected chi connectivity index (χ0v) is 17.7. The van der Waals surface area contributed by atoms with Crippen LogP contribution in [0.25, 0.3) is 0 Å². The van der Waals surface area contributed by atoms with Crippen molar-refractivity contribution in [2.75, 3.05) is 25.4 Å². The molecule has 1 unspecified atom stereocenters. The first-order valence-electron chi connectivity index (χ1n) is 9.87. The van der Waals surface area contributed by atoms with Crippen LogP contribution in [0.5, 0.6) is 0 Å². The molecule has 1 aromatic carbocycles. The number of hydrogen-bond donors (Lipinski definition) is 0. The maximum Gasteiger partial charge on any atom is 0.252 e. The first-order chi connectivity index (χ1) is 13.0. The summed E-state index contributed by atoms with van der Waals surface area (Å²) in [6, 6.07) is 7.35. The van der Waals surface area contributed by atoms with E-state index in [9.17, 15) is 9.00 Å². The summed E-state index contributed by atoms with van der Waals surface area (Å²) in [4.78, 5) is 15.1. The van der Waals surface area contributed by atoms with Crippen LogP contribution in [0, 0.1) is 0 Å². The smallest absolute Gasteiger partial charge is 0.252 e. The van der Waals surface area contributed by atoms with E-state index in [1.54, 1.807) is 0 Å². The van der Waals surface area contributed by atoms with Crippen molar-refractivity contribution in [3.8, 4) is 0 Å². The largest absolute Gasteiger partial charge is 0.366 e. The molecular weight excluding hydrogens is 384 g/mol. The Morgan fingerprint density at radius 3 is 2.48 bits per heavy atom. The fourth-order valence-corrected chi connectivity index (χ4v) is 5.63. The van der Waals surface area contributed by atoms with Crippen LogP contribution >= 0.6 is 11.6 Å². The zero-order chi connectivity index (χ0) is 19.4. The average molecular weight is 413 g/mol. The summed E-state index contributed by atoms with van der Waals surface area (Å²) in [5, 5.41) is 0.668. The molecule has 2 saturated heterocycles. The van der Waals surface area contributed by atoms with Gasteiger partial charge in [0.1, 0.15) is 6.10 Å². The maximum atomic E-state index is 13.2. The number of amides is 1. The van der Waals surface area contributed by atoms with E-state index in [2.05, 4.69) is 6.92 Å². The molecule has 7 heteroatoms. The van der Waals surface area contributed by atoms with Gasteiger partial charge in [-0.15, -0.1) is 0 Å². The fraction of sp³-hybridized carbons (Fsp3) is 0.650. The molecule has 27 heavy (non-hydrogen) atoms. The lowest BCUT2D eigenvalue weighted by Gasteiger charge is -2.44.